The lowest BCUT2D eigenvalue weighted by Crippen LogP contribution is -2.25. The molecule has 0 saturated heterocycles. The SMILES string of the molecule is C[n+]1ccc2cc(-c3ccncc3-c3cccs3)ccc2c1. The lowest BCUT2D eigenvalue weighted by molar-refractivity contribution is -0.670. The molecule has 0 aliphatic rings. The summed E-state index contributed by atoms with van der Waals surface area (Å²) in [6, 6.07) is 15.1. The van der Waals surface area contributed by atoms with Crippen molar-refractivity contribution in [2.24, 2.45) is 7.05 Å². The first-order chi connectivity index (χ1) is 10.8. The first-order valence-electron chi connectivity index (χ1n) is 7.18. The Morgan fingerprint density at radius 1 is 1.00 bits per heavy atom. The van der Waals surface area contributed by atoms with Crippen LogP contribution in [0.2, 0.25) is 0 Å². The Morgan fingerprint density at radius 3 is 2.82 bits per heavy atom. The van der Waals surface area contributed by atoms with Gasteiger partial charge in [0, 0.05) is 34.3 Å². The first kappa shape index (κ1) is 13.2. The summed E-state index contributed by atoms with van der Waals surface area (Å²) < 4.78 is 2.07. The topological polar surface area (TPSA) is 16.8 Å². The van der Waals surface area contributed by atoms with Gasteiger partial charge in [-0.2, -0.15) is 0 Å². The average Bonchev–Trinajstić information content (AvgIpc) is 3.09. The zero-order valence-electron chi connectivity index (χ0n) is 12.2. The van der Waals surface area contributed by atoms with E-state index >= 15 is 0 Å². The van der Waals surface area contributed by atoms with Gasteiger partial charge < -0.3 is 0 Å². The second-order valence-corrected chi connectivity index (χ2v) is 6.30. The Labute approximate surface area is 133 Å². The van der Waals surface area contributed by atoms with Crippen molar-refractivity contribution in [3.05, 3.63) is 72.6 Å². The highest BCUT2D eigenvalue weighted by molar-refractivity contribution is 7.13. The molecule has 0 aliphatic heterocycles. The number of aryl methyl sites for hydroxylation is 1. The van der Waals surface area contributed by atoms with Gasteiger partial charge in [-0.15, -0.1) is 11.3 Å². The van der Waals surface area contributed by atoms with Crippen molar-refractivity contribution >= 4 is 22.1 Å². The maximum absolute atomic E-state index is 4.30. The summed E-state index contributed by atoms with van der Waals surface area (Å²) in [5.74, 6) is 0. The fourth-order valence-corrected chi connectivity index (χ4v) is 3.49. The molecule has 0 spiro atoms. The van der Waals surface area contributed by atoms with Gasteiger partial charge in [-0.25, -0.2) is 4.57 Å². The molecule has 106 valence electrons. The molecule has 0 unspecified atom stereocenters. The van der Waals surface area contributed by atoms with E-state index in [-0.39, 0.29) is 0 Å². The van der Waals surface area contributed by atoms with Gasteiger partial charge in [-0.1, -0.05) is 12.1 Å². The molecule has 0 N–H and O–H groups in total. The van der Waals surface area contributed by atoms with Crippen LogP contribution in [0.3, 0.4) is 0 Å². The van der Waals surface area contributed by atoms with Crippen LogP contribution in [0, 0.1) is 0 Å². The molecule has 1 aromatic carbocycles. The van der Waals surface area contributed by atoms with E-state index in [1.165, 1.54) is 32.3 Å². The first-order valence-corrected chi connectivity index (χ1v) is 8.06. The molecule has 0 fully saturated rings. The average molecular weight is 303 g/mol. The maximum atomic E-state index is 4.30. The zero-order valence-corrected chi connectivity index (χ0v) is 13.0. The summed E-state index contributed by atoms with van der Waals surface area (Å²) in [5.41, 5.74) is 3.65. The number of fused-ring (bicyclic) bond motifs is 1. The summed E-state index contributed by atoms with van der Waals surface area (Å²) >= 11 is 1.75. The van der Waals surface area contributed by atoms with E-state index < -0.39 is 0 Å². The minimum atomic E-state index is 1.19. The minimum Gasteiger partial charge on any atom is -0.264 e. The van der Waals surface area contributed by atoms with Crippen molar-refractivity contribution in [3.8, 4) is 21.6 Å². The number of hydrogen-bond donors (Lipinski definition) is 0. The molecule has 0 aliphatic carbocycles. The van der Waals surface area contributed by atoms with Gasteiger partial charge in [0.15, 0.2) is 12.4 Å². The molecule has 0 atom stereocenters. The van der Waals surface area contributed by atoms with E-state index in [0.29, 0.717) is 0 Å². The van der Waals surface area contributed by atoms with Crippen LogP contribution < -0.4 is 4.57 Å². The highest BCUT2D eigenvalue weighted by atomic mass is 32.1. The van der Waals surface area contributed by atoms with Gasteiger partial charge >= 0.3 is 0 Å². The van der Waals surface area contributed by atoms with Crippen molar-refractivity contribution in [2.45, 2.75) is 0 Å². The van der Waals surface area contributed by atoms with Crippen molar-refractivity contribution < 1.29 is 4.57 Å². The molecular weight excluding hydrogens is 288 g/mol. The van der Waals surface area contributed by atoms with Gasteiger partial charge in [0.25, 0.3) is 0 Å². The van der Waals surface area contributed by atoms with Crippen LogP contribution >= 0.6 is 11.3 Å². The van der Waals surface area contributed by atoms with E-state index in [4.69, 9.17) is 0 Å². The molecule has 3 heteroatoms. The molecule has 4 aromatic rings. The van der Waals surface area contributed by atoms with Crippen molar-refractivity contribution in [1.29, 1.82) is 0 Å². The summed E-state index contributed by atoms with van der Waals surface area (Å²) in [6.45, 7) is 0. The Bertz CT molecular complexity index is 943. The van der Waals surface area contributed by atoms with Crippen molar-refractivity contribution in [1.82, 2.24) is 4.98 Å². The minimum absolute atomic E-state index is 1.19. The zero-order chi connectivity index (χ0) is 14.9. The molecule has 0 bridgehead atoms. The fraction of sp³-hybridized carbons (Fsp3) is 0.0526. The van der Waals surface area contributed by atoms with E-state index in [2.05, 4.69) is 69.8 Å². The number of aromatic nitrogens is 2. The third-order valence-electron chi connectivity index (χ3n) is 3.84. The monoisotopic (exact) mass is 303 g/mol. The largest absolute Gasteiger partial charge is 0.264 e. The van der Waals surface area contributed by atoms with Crippen LogP contribution in [0.5, 0.6) is 0 Å². The number of benzene rings is 1. The Hall–Kier alpha value is -2.52. The maximum Gasteiger partial charge on any atom is 0.176 e. The van der Waals surface area contributed by atoms with E-state index in [9.17, 15) is 0 Å². The van der Waals surface area contributed by atoms with E-state index in [0.717, 1.165) is 0 Å². The highest BCUT2D eigenvalue weighted by Crippen LogP contribution is 2.34. The molecule has 0 saturated carbocycles. The normalized spacial score (nSPS) is 11.0. The highest BCUT2D eigenvalue weighted by Gasteiger charge is 2.09. The summed E-state index contributed by atoms with van der Waals surface area (Å²) in [5, 5.41) is 4.61. The van der Waals surface area contributed by atoms with Gasteiger partial charge in [-0.3, -0.25) is 4.98 Å². The van der Waals surface area contributed by atoms with Crippen molar-refractivity contribution in [2.75, 3.05) is 0 Å². The Morgan fingerprint density at radius 2 is 1.95 bits per heavy atom. The number of nitrogens with zero attached hydrogens (tertiary/aromatic N) is 2. The van der Waals surface area contributed by atoms with Gasteiger partial charge in [0.1, 0.15) is 7.05 Å². The third kappa shape index (κ3) is 2.30. The predicted octanol–water partition coefficient (Wildman–Crippen LogP) is 4.45. The Balaban J connectivity index is 1.91. The van der Waals surface area contributed by atoms with Crippen LogP contribution in [0.25, 0.3) is 32.3 Å². The van der Waals surface area contributed by atoms with Crippen LogP contribution in [-0.2, 0) is 7.05 Å². The quantitative estimate of drug-likeness (QED) is 0.500. The van der Waals surface area contributed by atoms with Crippen LogP contribution in [-0.4, -0.2) is 4.98 Å². The molecule has 4 rings (SSSR count). The molecule has 0 radical (unpaired) electrons. The predicted molar refractivity (Wildman–Crippen MR) is 91.7 cm³/mol. The van der Waals surface area contributed by atoms with Gasteiger partial charge in [-0.05, 0) is 46.2 Å². The molecule has 2 nitrogen and oxygen atoms in total. The molecular formula is C19H15N2S+. The van der Waals surface area contributed by atoms with Gasteiger partial charge in [0.2, 0.25) is 0 Å². The lowest BCUT2D eigenvalue weighted by atomic mass is 9.98. The second-order valence-electron chi connectivity index (χ2n) is 5.35. The lowest BCUT2D eigenvalue weighted by Gasteiger charge is -2.08. The standard InChI is InChI=1S/C19H15N2S/c1-21-9-7-14-11-15(4-5-16(14)13-21)17-6-8-20-12-18(17)19-3-2-10-22-19/h2-13H,1H3/q+1. The van der Waals surface area contributed by atoms with Crippen LogP contribution in [0.4, 0.5) is 0 Å². The number of rotatable bonds is 2. The number of thiophene rings is 1. The van der Waals surface area contributed by atoms with E-state index in [1.807, 2.05) is 19.4 Å². The number of pyridine rings is 2. The number of hydrogen-bond acceptors (Lipinski definition) is 2. The second kappa shape index (κ2) is 5.35. The summed E-state index contributed by atoms with van der Waals surface area (Å²) in [7, 11) is 2.05. The smallest absolute Gasteiger partial charge is 0.176 e. The third-order valence-corrected chi connectivity index (χ3v) is 4.74. The fourth-order valence-electron chi connectivity index (χ4n) is 2.74. The van der Waals surface area contributed by atoms with Gasteiger partial charge in [0.05, 0.1) is 0 Å². The molecule has 3 aromatic heterocycles. The van der Waals surface area contributed by atoms with Crippen LogP contribution in [0.15, 0.2) is 72.6 Å². The van der Waals surface area contributed by atoms with E-state index in [1.54, 1.807) is 11.3 Å². The summed E-state index contributed by atoms with van der Waals surface area (Å²) in [4.78, 5) is 5.56. The molecule has 0 amide bonds. The summed E-state index contributed by atoms with van der Waals surface area (Å²) in [6.07, 6.45) is 8.04. The van der Waals surface area contributed by atoms with Crippen LogP contribution in [0.1, 0.15) is 0 Å². The molecule has 22 heavy (non-hydrogen) atoms. The Kier molecular flexibility index (Phi) is 3.20. The molecule has 3 heterocycles. The van der Waals surface area contributed by atoms with Crippen molar-refractivity contribution in [3.63, 3.8) is 0 Å².